The van der Waals surface area contributed by atoms with Crippen molar-refractivity contribution >= 4 is 43.7 Å². The highest BCUT2D eigenvalue weighted by Gasteiger charge is 2.35. The molecule has 3 aromatic heterocycles. The van der Waals surface area contributed by atoms with E-state index in [1.807, 2.05) is 24.3 Å². The topological polar surface area (TPSA) is 56.7 Å². The molecule has 5 nitrogen and oxygen atoms in total. The number of nitrogens with zero attached hydrogens (tertiary/aromatic N) is 4. The van der Waals surface area contributed by atoms with Crippen LogP contribution in [0.25, 0.3) is 195 Å². The fourth-order valence-corrected chi connectivity index (χ4v) is 16.4. The Morgan fingerprint density at radius 1 is 0.224 bits per heavy atom. The normalized spacial score (nSPS) is 12.3. The van der Waals surface area contributed by atoms with Crippen molar-refractivity contribution in [2.45, 2.75) is 19.3 Å². The van der Waals surface area contributed by atoms with Crippen LogP contribution in [0.15, 0.2) is 381 Å². The summed E-state index contributed by atoms with van der Waals surface area (Å²) in [7, 11) is 0. The Hall–Kier alpha value is -13.9. The number of fused-ring (bicyclic) bond motifs is 9. The number of hydrogen-bond donors (Lipinski definition) is 0. The molecule has 502 valence electrons. The second-order valence-electron chi connectivity index (χ2n) is 28.7. The predicted molar refractivity (Wildman–Crippen MR) is 444 cm³/mol. The van der Waals surface area contributed by atoms with Gasteiger partial charge in [0, 0.05) is 54.9 Å². The van der Waals surface area contributed by atoms with Gasteiger partial charge in [-0.05, 0) is 214 Å². The van der Waals surface area contributed by atoms with Crippen LogP contribution in [0.5, 0.6) is 0 Å². The van der Waals surface area contributed by atoms with E-state index in [1.54, 1.807) is 0 Å². The molecule has 107 heavy (non-hydrogen) atoms. The van der Waals surface area contributed by atoms with Gasteiger partial charge in [0.25, 0.3) is 0 Å². The van der Waals surface area contributed by atoms with Gasteiger partial charge in [-0.15, -0.1) is 0 Å². The molecular formula is C102H68N4O. The van der Waals surface area contributed by atoms with Gasteiger partial charge in [-0.3, -0.25) is 0 Å². The molecule has 0 unspecified atom stereocenters. The van der Waals surface area contributed by atoms with Gasteiger partial charge in [-0.25, -0.2) is 15.0 Å². The molecule has 0 saturated carbocycles. The molecule has 19 aromatic rings. The number of furan rings is 1. The first-order valence-electron chi connectivity index (χ1n) is 36.7. The van der Waals surface area contributed by atoms with E-state index >= 15 is 0 Å². The molecular weight excluding hydrogens is 1300 g/mol. The van der Waals surface area contributed by atoms with E-state index in [9.17, 15) is 0 Å². The third-order valence-corrected chi connectivity index (χ3v) is 21.8. The molecule has 16 aromatic carbocycles. The first-order valence-corrected chi connectivity index (χ1v) is 36.7. The van der Waals surface area contributed by atoms with E-state index < -0.39 is 0 Å². The van der Waals surface area contributed by atoms with Gasteiger partial charge < -0.3 is 8.98 Å². The molecule has 0 amide bonds. The van der Waals surface area contributed by atoms with Crippen LogP contribution < -0.4 is 0 Å². The lowest BCUT2D eigenvalue weighted by molar-refractivity contribution is 0.660. The summed E-state index contributed by atoms with van der Waals surface area (Å²) in [6.07, 6.45) is 0. The highest BCUT2D eigenvalue weighted by Crippen LogP contribution is 2.50. The molecule has 0 fully saturated rings. The molecule has 0 radical (unpaired) electrons. The Labute approximate surface area is 621 Å². The molecule has 5 heteroatoms. The SMILES string of the molecule is CC1(C)c2ccccc2-c2ccc(-c3cccc(-c4nc(-c5ccccc5)nc(-c5cccc(-c6cccc(-c7cccc(-c8cc(-c9cccc(-c%10ccc(-n%11c%12ccccc%12c%12cc(-c%13cccc(-c%14cccc(-c%15ccccc%15)c%14)c%13)ccc%12%11)cc%10)c9)cc9c8oc8ccccc89)c7)c6)c5)n4)c3)cc21. The molecule has 3 heterocycles. The number of benzene rings is 16. The second kappa shape index (κ2) is 25.8. The van der Waals surface area contributed by atoms with Crippen molar-refractivity contribution in [1.29, 1.82) is 0 Å². The minimum Gasteiger partial charge on any atom is -0.455 e. The van der Waals surface area contributed by atoms with Gasteiger partial charge in [0.2, 0.25) is 0 Å². The fourth-order valence-electron chi connectivity index (χ4n) is 16.4. The van der Waals surface area contributed by atoms with Crippen molar-refractivity contribution in [3.8, 4) is 151 Å². The zero-order valence-corrected chi connectivity index (χ0v) is 59.0. The minimum atomic E-state index is -0.109. The van der Waals surface area contributed by atoms with Crippen LogP contribution >= 0.6 is 0 Å². The molecule has 0 spiro atoms. The maximum Gasteiger partial charge on any atom is 0.164 e. The van der Waals surface area contributed by atoms with E-state index in [0.29, 0.717) is 17.5 Å². The maximum atomic E-state index is 6.85. The Bertz CT molecular complexity index is 6720. The fraction of sp³-hybridized carbons (Fsp3) is 0.0294. The van der Waals surface area contributed by atoms with Crippen LogP contribution in [0, 0.1) is 0 Å². The van der Waals surface area contributed by atoms with Gasteiger partial charge in [-0.1, -0.05) is 293 Å². The van der Waals surface area contributed by atoms with E-state index in [0.717, 1.165) is 111 Å². The van der Waals surface area contributed by atoms with E-state index in [1.165, 1.54) is 77.4 Å². The number of hydrogen-bond acceptors (Lipinski definition) is 4. The lowest BCUT2D eigenvalue weighted by Crippen LogP contribution is -2.14. The van der Waals surface area contributed by atoms with Crippen molar-refractivity contribution in [1.82, 2.24) is 19.5 Å². The van der Waals surface area contributed by atoms with Crippen LogP contribution in [0.2, 0.25) is 0 Å². The van der Waals surface area contributed by atoms with Crippen LogP contribution in [0.4, 0.5) is 0 Å². The minimum absolute atomic E-state index is 0.109. The average Bonchev–Trinajstić information content (AvgIpc) is 1.61. The molecule has 0 saturated heterocycles. The highest BCUT2D eigenvalue weighted by atomic mass is 16.3. The Morgan fingerprint density at radius 3 is 1.19 bits per heavy atom. The summed E-state index contributed by atoms with van der Waals surface area (Å²) in [6.45, 7) is 4.66. The molecule has 0 N–H and O–H groups in total. The Kier molecular flexibility index (Phi) is 15.2. The largest absolute Gasteiger partial charge is 0.455 e. The maximum absolute atomic E-state index is 6.85. The van der Waals surface area contributed by atoms with Gasteiger partial charge >= 0.3 is 0 Å². The lowest BCUT2D eigenvalue weighted by atomic mass is 9.81. The van der Waals surface area contributed by atoms with Gasteiger partial charge in [-0.2, -0.15) is 0 Å². The second-order valence-corrected chi connectivity index (χ2v) is 28.7. The van der Waals surface area contributed by atoms with Gasteiger partial charge in [0.15, 0.2) is 17.5 Å². The predicted octanol–water partition coefficient (Wildman–Crippen LogP) is 27.2. The molecule has 20 rings (SSSR count). The molecule has 0 atom stereocenters. The highest BCUT2D eigenvalue weighted by molar-refractivity contribution is 6.12. The van der Waals surface area contributed by atoms with Crippen LogP contribution in [-0.2, 0) is 5.41 Å². The van der Waals surface area contributed by atoms with E-state index in [4.69, 9.17) is 19.4 Å². The van der Waals surface area contributed by atoms with Crippen LogP contribution in [0.1, 0.15) is 25.0 Å². The zero-order valence-electron chi connectivity index (χ0n) is 59.0. The first kappa shape index (κ1) is 62.9. The van der Waals surface area contributed by atoms with E-state index in [-0.39, 0.29) is 5.41 Å². The number of para-hydroxylation sites is 2. The van der Waals surface area contributed by atoms with Gasteiger partial charge in [0.05, 0.1) is 11.0 Å². The standard InChI is InChI=1S/C102H68N4O/c1-102(2)93-43-12-9-40-86(93)87-52-48-80(64-94(87)102)77-35-21-39-83(60-77)101-104-99(67-24-7-4-8-25-67)103-100(105-101)82-38-20-34-76(59-82)73-31-17-30-72(56-73)75-33-19-37-81(58-75)90-62-84(63-92-89-42-11-14-45-97(89)107-98(90)92)78-36-16-27-69(55-78)66-46-50-85(51-47-66)106-95-44-13-10-41-88(95)91-61-79(49-53-96(91)106)74-32-18-29-71(57-74)70-28-15-26-68(54-70)65-22-5-3-6-23-65/h3-64H,1-2H3. The summed E-state index contributed by atoms with van der Waals surface area (Å²) in [6, 6.07) is 136. The van der Waals surface area contributed by atoms with Crippen LogP contribution in [-0.4, -0.2) is 19.5 Å². The van der Waals surface area contributed by atoms with Gasteiger partial charge in [0.1, 0.15) is 11.2 Å². The summed E-state index contributed by atoms with van der Waals surface area (Å²) < 4.78 is 9.25. The third-order valence-electron chi connectivity index (χ3n) is 21.8. The average molecular weight is 1370 g/mol. The van der Waals surface area contributed by atoms with Crippen molar-refractivity contribution in [3.05, 3.63) is 387 Å². The first-order chi connectivity index (χ1) is 52.7. The summed E-state index contributed by atoms with van der Waals surface area (Å²) >= 11 is 0. The quantitative estimate of drug-likeness (QED) is 0.115. The Balaban J connectivity index is 0.598. The molecule has 0 bridgehead atoms. The summed E-state index contributed by atoms with van der Waals surface area (Å²) in [4.78, 5) is 15.6. The lowest BCUT2D eigenvalue weighted by Gasteiger charge is -2.22. The third kappa shape index (κ3) is 11.3. The number of rotatable bonds is 13. The Morgan fingerprint density at radius 2 is 0.598 bits per heavy atom. The summed E-state index contributed by atoms with van der Waals surface area (Å²) in [5, 5.41) is 4.60. The molecule has 1 aliphatic carbocycles. The van der Waals surface area contributed by atoms with Crippen LogP contribution in [0.3, 0.4) is 0 Å². The molecule has 0 aliphatic heterocycles. The summed E-state index contributed by atoms with van der Waals surface area (Å²) in [5.74, 6) is 1.84. The smallest absolute Gasteiger partial charge is 0.164 e. The van der Waals surface area contributed by atoms with Crippen molar-refractivity contribution in [2.75, 3.05) is 0 Å². The van der Waals surface area contributed by atoms with Crippen molar-refractivity contribution in [3.63, 3.8) is 0 Å². The molecule has 1 aliphatic rings. The summed E-state index contributed by atoms with van der Waals surface area (Å²) in [5.41, 5.74) is 33.5. The zero-order chi connectivity index (χ0) is 71.1. The van der Waals surface area contributed by atoms with Crippen molar-refractivity contribution in [2.24, 2.45) is 0 Å². The monoisotopic (exact) mass is 1360 g/mol. The number of aromatic nitrogens is 4. The van der Waals surface area contributed by atoms with E-state index in [2.05, 4.69) is 370 Å². The van der Waals surface area contributed by atoms with Crippen molar-refractivity contribution < 1.29 is 4.42 Å².